The highest BCUT2D eigenvalue weighted by molar-refractivity contribution is 5.80. The molecule has 2 aromatic rings. The van der Waals surface area contributed by atoms with E-state index in [2.05, 4.69) is 42.1 Å². The number of rotatable bonds is 0. The largest absolute Gasteiger partial charge is 0.212 e. The van der Waals surface area contributed by atoms with Gasteiger partial charge in [-0.3, -0.25) is 0 Å². The van der Waals surface area contributed by atoms with E-state index in [0.717, 1.165) is 0 Å². The molecule has 1 heteroatoms. The Kier molecular flexibility index (Phi) is 1.98. The predicted molar refractivity (Wildman–Crippen MR) is 61.8 cm³/mol. The van der Waals surface area contributed by atoms with Gasteiger partial charge in [-0.1, -0.05) is 12.1 Å². The Hall–Kier alpha value is -1.37. The maximum atomic E-state index is 2.32. The van der Waals surface area contributed by atoms with Crippen molar-refractivity contribution in [3.05, 3.63) is 41.6 Å². The molecule has 0 aliphatic heterocycles. The zero-order valence-electron chi connectivity index (χ0n) is 9.16. The smallest absolute Gasteiger partial charge is 0.201 e. The van der Waals surface area contributed by atoms with Gasteiger partial charge in [0.15, 0.2) is 6.20 Å². The highest BCUT2D eigenvalue weighted by Gasteiger charge is 2.17. The Bertz CT molecular complexity index is 514. The van der Waals surface area contributed by atoms with Crippen molar-refractivity contribution in [3.63, 3.8) is 0 Å². The van der Waals surface area contributed by atoms with E-state index in [1.165, 1.54) is 36.6 Å². The monoisotopic (exact) mass is 198 g/mol. The van der Waals surface area contributed by atoms with E-state index < -0.39 is 0 Å². The number of aryl methyl sites for hydroxylation is 3. The van der Waals surface area contributed by atoms with E-state index in [0.29, 0.717) is 0 Å². The Morgan fingerprint density at radius 2 is 1.87 bits per heavy atom. The number of aromatic nitrogens is 1. The SMILES string of the molecule is C[n+]1cc2c(c3ccccc31)CCCC2. The lowest BCUT2D eigenvalue weighted by atomic mass is 9.90. The highest BCUT2D eigenvalue weighted by atomic mass is 14.9. The maximum absolute atomic E-state index is 2.32. The van der Waals surface area contributed by atoms with E-state index in [1.54, 1.807) is 11.1 Å². The van der Waals surface area contributed by atoms with Gasteiger partial charge < -0.3 is 0 Å². The van der Waals surface area contributed by atoms with Crippen LogP contribution in [-0.4, -0.2) is 0 Å². The third-order valence-electron chi connectivity index (χ3n) is 3.47. The number of fused-ring (bicyclic) bond motifs is 3. The minimum absolute atomic E-state index is 1.26. The van der Waals surface area contributed by atoms with E-state index in [9.17, 15) is 0 Å². The van der Waals surface area contributed by atoms with Crippen molar-refractivity contribution < 1.29 is 4.57 Å². The molecule has 1 aliphatic rings. The third-order valence-corrected chi connectivity index (χ3v) is 3.47. The van der Waals surface area contributed by atoms with Gasteiger partial charge in [0.05, 0.1) is 0 Å². The number of hydrogen-bond donors (Lipinski definition) is 0. The summed E-state index contributed by atoms with van der Waals surface area (Å²) in [5, 5.41) is 1.46. The molecule has 0 fully saturated rings. The molecule has 76 valence electrons. The van der Waals surface area contributed by atoms with Crippen LogP contribution in [0, 0.1) is 0 Å². The van der Waals surface area contributed by atoms with Crippen molar-refractivity contribution in [1.82, 2.24) is 0 Å². The van der Waals surface area contributed by atoms with Crippen LogP contribution in [0.15, 0.2) is 30.5 Å². The summed E-state index contributed by atoms with van der Waals surface area (Å²) in [7, 11) is 2.15. The average molecular weight is 198 g/mol. The molecule has 3 rings (SSSR count). The van der Waals surface area contributed by atoms with Crippen LogP contribution >= 0.6 is 0 Å². The van der Waals surface area contributed by atoms with Gasteiger partial charge >= 0.3 is 0 Å². The molecule has 1 heterocycles. The molecule has 15 heavy (non-hydrogen) atoms. The van der Waals surface area contributed by atoms with Gasteiger partial charge in [0, 0.05) is 17.0 Å². The molecule has 0 saturated carbocycles. The average Bonchev–Trinajstić information content (AvgIpc) is 2.30. The Labute approximate surface area is 90.4 Å². The summed E-state index contributed by atoms with van der Waals surface area (Å²) in [5.41, 5.74) is 4.51. The molecule has 0 amide bonds. The van der Waals surface area contributed by atoms with Crippen molar-refractivity contribution >= 4 is 10.9 Å². The van der Waals surface area contributed by atoms with Crippen LogP contribution in [0.25, 0.3) is 10.9 Å². The highest BCUT2D eigenvalue weighted by Crippen LogP contribution is 2.26. The lowest BCUT2D eigenvalue weighted by Crippen LogP contribution is -2.30. The molecule has 0 spiro atoms. The first-order valence-electron chi connectivity index (χ1n) is 5.75. The minimum Gasteiger partial charge on any atom is -0.201 e. The van der Waals surface area contributed by atoms with Gasteiger partial charge in [0.2, 0.25) is 5.52 Å². The predicted octanol–water partition coefficient (Wildman–Crippen LogP) is 2.54. The Balaban J connectivity index is 2.39. The van der Waals surface area contributed by atoms with Crippen LogP contribution in [0.4, 0.5) is 0 Å². The normalized spacial score (nSPS) is 15.3. The summed E-state index contributed by atoms with van der Waals surface area (Å²) in [4.78, 5) is 0. The van der Waals surface area contributed by atoms with Crippen LogP contribution in [0.1, 0.15) is 24.0 Å². The van der Waals surface area contributed by atoms with Crippen molar-refractivity contribution in [3.8, 4) is 0 Å². The number of para-hydroxylation sites is 1. The fraction of sp³-hybridized carbons (Fsp3) is 0.357. The summed E-state index contributed by atoms with van der Waals surface area (Å²) in [6.07, 6.45) is 7.54. The third kappa shape index (κ3) is 1.34. The number of nitrogens with zero attached hydrogens (tertiary/aromatic N) is 1. The van der Waals surface area contributed by atoms with Crippen LogP contribution in [-0.2, 0) is 19.9 Å². The number of pyridine rings is 1. The summed E-state index contributed by atoms with van der Waals surface area (Å²) in [6.45, 7) is 0. The quantitative estimate of drug-likeness (QED) is 0.573. The molecular weight excluding hydrogens is 182 g/mol. The Morgan fingerprint density at radius 3 is 2.80 bits per heavy atom. The maximum Gasteiger partial charge on any atom is 0.212 e. The number of benzene rings is 1. The first kappa shape index (κ1) is 8.90. The van der Waals surface area contributed by atoms with Gasteiger partial charge in [-0.2, -0.15) is 0 Å². The van der Waals surface area contributed by atoms with Crippen molar-refractivity contribution in [2.45, 2.75) is 25.7 Å². The second-order valence-corrected chi connectivity index (χ2v) is 4.47. The molecule has 1 aromatic heterocycles. The summed E-state index contributed by atoms with van der Waals surface area (Å²) < 4.78 is 2.26. The van der Waals surface area contributed by atoms with E-state index in [-0.39, 0.29) is 0 Å². The molecule has 0 atom stereocenters. The summed E-state index contributed by atoms with van der Waals surface area (Å²) in [6, 6.07) is 8.75. The van der Waals surface area contributed by atoms with Gasteiger partial charge in [-0.15, -0.1) is 0 Å². The van der Waals surface area contributed by atoms with Gasteiger partial charge in [0.1, 0.15) is 7.05 Å². The van der Waals surface area contributed by atoms with Gasteiger partial charge in [-0.05, 0) is 37.3 Å². The topological polar surface area (TPSA) is 3.88 Å². The lowest BCUT2D eigenvalue weighted by Gasteiger charge is -2.15. The zero-order chi connectivity index (χ0) is 10.3. The summed E-state index contributed by atoms with van der Waals surface area (Å²) in [5.74, 6) is 0. The van der Waals surface area contributed by atoms with Crippen LogP contribution in [0.2, 0.25) is 0 Å². The van der Waals surface area contributed by atoms with Crippen molar-refractivity contribution in [2.75, 3.05) is 0 Å². The lowest BCUT2D eigenvalue weighted by molar-refractivity contribution is -0.645. The molecule has 1 nitrogen and oxygen atoms in total. The molecule has 0 saturated heterocycles. The molecule has 0 radical (unpaired) electrons. The molecular formula is C14H16N+. The van der Waals surface area contributed by atoms with E-state index in [4.69, 9.17) is 0 Å². The number of hydrogen-bond acceptors (Lipinski definition) is 0. The second kappa shape index (κ2) is 3.34. The first-order valence-corrected chi connectivity index (χ1v) is 5.75. The van der Waals surface area contributed by atoms with E-state index >= 15 is 0 Å². The standard InChI is InChI=1S/C14H16N/c1-15-10-11-6-2-3-7-12(11)13-8-4-5-9-14(13)15/h4-5,8-10H,2-3,6-7H2,1H3/q+1. The first-order chi connectivity index (χ1) is 7.36. The van der Waals surface area contributed by atoms with Gasteiger partial charge in [0.25, 0.3) is 0 Å². The fourth-order valence-electron chi connectivity index (χ4n) is 2.72. The second-order valence-electron chi connectivity index (χ2n) is 4.47. The molecule has 1 aliphatic carbocycles. The van der Waals surface area contributed by atoms with E-state index in [1.807, 2.05) is 0 Å². The molecule has 0 N–H and O–H groups in total. The Morgan fingerprint density at radius 1 is 1.07 bits per heavy atom. The summed E-state index contributed by atoms with van der Waals surface area (Å²) >= 11 is 0. The molecule has 0 unspecified atom stereocenters. The fourth-order valence-corrected chi connectivity index (χ4v) is 2.72. The van der Waals surface area contributed by atoms with Crippen LogP contribution in [0.3, 0.4) is 0 Å². The van der Waals surface area contributed by atoms with Crippen molar-refractivity contribution in [2.24, 2.45) is 7.05 Å². The molecule has 0 bridgehead atoms. The minimum atomic E-state index is 1.26. The van der Waals surface area contributed by atoms with Crippen LogP contribution in [0.5, 0.6) is 0 Å². The van der Waals surface area contributed by atoms with Crippen LogP contribution < -0.4 is 4.57 Å². The van der Waals surface area contributed by atoms with Crippen molar-refractivity contribution in [1.29, 1.82) is 0 Å². The van der Waals surface area contributed by atoms with Gasteiger partial charge in [-0.25, -0.2) is 4.57 Å². The zero-order valence-corrected chi connectivity index (χ0v) is 9.16. The molecule has 1 aromatic carbocycles.